The van der Waals surface area contributed by atoms with Crippen LogP contribution in [0.15, 0.2) is 18.6 Å². The highest BCUT2D eigenvalue weighted by Gasteiger charge is 2.27. The Morgan fingerprint density at radius 1 is 1.24 bits per heavy atom. The number of imidazole rings is 1. The largest absolute Gasteiger partial charge is 0.381 e. The van der Waals surface area contributed by atoms with Crippen LogP contribution in [0.3, 0.4) is 0 Å². The molecule has 1 saturated carbocycles. The van der Waals surface area contributed by atoms with Gasteiger partial charge in [-0.3, -0.25) is 10.00 Å². The Morgan fingerprint density at radius 2 is 2.12 bits per heavy atom. The molecule has 0 spiro atoms. The van der Waals surface area contributed by atoms with Crippen LogP contribution in [-0.4, -0.2) is 44.4 Å². The Labute approximate surface area is 149 Å². The quantitative estimate of drug-likeness (QED) is 0.785. The topological polar surface area (TPSA) is 59.0 Å². The summed E-state index contributed by atoms with van der Waals surface area (Å²) in [4.78, 5) is 7.18. The highest BCUT2D eigenvalue weighted by molar-refractivity contribution is 5.12. The first kappa shape index (κ1) is 16.8. The van der Waals surface area contributed by atoms with Gasteiger partial charge in [-0.25, -0.2) is 4.98 Å². The van der Waals surface area contributed by atoms with E-state index in [1.807, 2.05) is 18.6 Å². The summed E-state index contributed by atoms with van der Waals surface area (Å²) in [6.45, 7) is 6.98. The number of hydrogen-bond donors (Lipinski definition) is 1. The molecule has 0 bridgehead atoms. The predicted octanol–water partition coefficient (Wildman–Crippen LogP) is 2.93. The molecular weight excluding hydrogens is 314 g/mol. The fraction of sp³-hybridized carbons (Fsp3) is 0.684. The Hall–Kier alpha value is -1.66. The van der Waals surface area contributed by atoms with E-state index in [9.17, 15) is 0 Å². The Bertz CT molecular complexity index is 659. The number of ether oxygens (including phenoxy) is 1. The van der Waals surface area contributed by atoms with Crippen LogP contribution in [0.25, 0.3) is 0 Å². The van der Waals surface area contributed by atoms with Crippen molar-refractivity contribution in [1.29, 1.82) is 0 Å². The van der Waals surface area contributed by atoms with E-state index in [0.29, 0.717) is 6.04 Å². The van der Waals surface area contributed by atoms with E-state index in [0.717, 1.165) is 45.2 Å². The minimum Gasteiger partial charge on any atom is -0.381 e. The second kappa shape index (κ2) is 7.70. The molecule has 6 nitrogen and oxygen atoms in total. The normalized spacial score (nSPS) is 21.7. The minimum atomic E-state index is 0.330. The number of nitrogens with one attached hydrogen (secondary N) is 1. The van der Waals surface area contributed by atoms with E-state index >= 15 is 0 Å². The highest BCUT2D eigenvalue weighted by Crippen LogP contribution is 2.27. The zero-order valence-corrected chi connectivity index (χ0v) is 15.2. The van der Waals surface area contributed by atoms with Crippen molar-refractivity contribution in [2.24, 2.45) is 5.92 Å². The second-order valence-corrected chi connectivity index (χ2v) is 7.49. The summed E-state index contributed by atoms with van der Waals surface area (Å²) >= 11 is 0. The fourth-order valence-corrected chi connectivity index (χ4v) is 4.22. The smallest absolute Gasteiger partial charge is 0.126 e. The van der Waals surface area contributed by atoms with Crippen molar-refractivity contribution in [3.05, 3.63) is 35.7 Å². The lowest BCUT2D eigenvalue weighted by molar-refractivity contribution is 0.102. The van der Waals surface area contributed by atoms with Gasteiger partial charge in [0.1, 0.15) is 5.82 Å². The van der Waals surface area contributed by atoms with Gasteiger partial charge in [0.15, 0.2) is 0 Å². The lowest BCUT2D eigenvalue weighted by atomic mass is 10.1. The zero-order valence-electron chi connectivity index (χ0n) is 15.2. The van der Waals surface area contributed by atoms with Gasteiger partial charge in [-0.05, 0) is 25.7 Å². The van der Waals surface area contributed by atoms with Gasteiger partial charge in [-0.2, -0.15) is 5.10 Å². The molecule has 0 amide bonds. The van der Waals surface area contributed by atoms with Crippen molar-refractivity contribution in [1.82, 2.24) is 24.6 Å². The van der Waals surface area contributed by atoms with E-state index in [-0.39, 0.29) is 0 Å². The van der Waals surface area contributed by atoms with Gasteiger partial charge in [0, 0.05) is 56.3 Å². The molecule has 0 saturated heterocycles. The van der Waals surface area contributed by atoms with Crippen molar-refractivity contribution in [3.63, 3.8) is 0 Å². The van der Waals surface area contributed by atoms with Gasteiger partial charge < -0.3 is 9.30 Å². The van der Waals surface area contributed by atoms with Crippen LogP contribution in [0.1, 0.15) is 55.7 Å². The molecular formula is C19H29N5O. The number of hydrogen-bond acceptors (Lipinski definition) is 4. The first-order valence-corrected chi connectivity index (χ1v) is 9.65. The maximum absolute atomic E-state index is 5.94. The minimum absolute atomic E-state index is 0.330. The first-order chi connectivity index (χ1) is 12.3. The molecule has 1 atom stereocenters. The predicted molar refractivity (Wildman–Crippen MR) is 96.1 cm³/mol. The summed E-state index contributed by atoms with van der Waals surface area (Å²) in [5.41, 5.74) is 2.55. The number of nitrogens with zero attached hydrogens (tertiary/aromatic N) is 4. The molecule has 4 rings (SSSR count). The third-order valence-corrected chi connectivity index (χ3v) is 5.77. The molecule has 136 valence electrons. The third-order valence-electron chi connectivity index (χ3n) is 5.77. The van der Waals surface area contributed by atoms with Gasteiger partial charge in [0.25, 0.3) is 0 Å². The molecule has 1 unspecified atom stereocenters. The Kier molecular flexibility index (Phi) is 5.17. The molecule has 6 heteroatoms. The Morgan fingerprint density at radius 3 is 2.92 bits per heavy atom. The zero-order chi connectivity index (χ0) is 17.1. The molecule has 2 aromatic heterocycles. The van der Waals surface area contributed by atoms with Gasteiger partial charge in [0.05, 0.1) is 18.8 Å². The molecule has 1 aliphatic carbocycles. The van der Waals surface area contributed by atoms with Crippen LogP contribution in [0.4, 0.5) is 0 Å². The summed E-state index contributed by atoms with van der Waals surface area (Å²) in [5, 5.41) is 6.94. The van der Waals surface area contributed by atoms with E-state index in [1.165, 1.54) is 42.8 Å². The molecule has 2 aliphatic rings. The van der Waals surface area contributed by atoms with E-state index in [1.54, 1.807) is 0 Å². The molecule has 0 aromatic carbocycles. The first-order valence-electron chi connectivity index (χ1n) is 9.65. The van der Waals surface area contributed by atoms with Crippen LogP contribution in [0, 0.1) is 5.92 Å². The molecule has 1 aliphatic heterocycles. The van der Waals surface area contributed by atoms with Crippen molar-refractivity contribution >= 4 is 0 Å². The lowest BCUT2D eigenvalue weighted by Crippen LogP contribution is -2.37. The summed E-state index contributed by atoms with van der Waals surface area (Å²) in [7, 11) is 0. The van der Waals surface area contributed by atoms with Crippen LogP contribution in [0.2, 0.25) is 0 Å². The molecule has 0 radical (unpaired) electrons. The number of aromatic amines is 1. The maximum atomic E-state index is 5.94. The summed E-state index contributed by atoms with van der Waals surface area (Å²) in [5.74, 6) is 1.98. The van der Waals surface area contributed by atoms with Crippen LogP contribution >= 0.6 is 0 Å². The van der Waals surface area contributed by atoms with Gasteiger partial charge in [-0.15, -0.1) is 0 Å². The second-order valence-electron chi connectivity index (χ2n) is 7.49. The van der Waals surface area contributed by atoms with Crippen molar-refractivity contribution in [3.8, 4) is 0 Å². The maximum Gasteiger partial charge on any atom is 0.126 e. The van der Waals surface area contributed by atoms with E-state index in [4.69, 9.17) is 9.72 Å². The number of H-pyrrole nitrogens is 1. The standard InChI is InChI=1S/C19H29N5O/c1-15-19-20-12-18(6-9-25-14-16-4-2-3-5-16)24(19)8-7-23(15)13-17-10-21-22-11-17/h10-12,15-16H,2-9,13-14H2,1H3,(H,21,22). The van der Waals surface area contributed by atoms with Crippen molar-refractivity contribution in [2.75, 3.05) is 19.8 Å². The number of rotatable bonds is 7. The van der Waals surface area contributed by atoms with Gasteiger partial charge in [-0.1, -0.05) is 12.8 Å². The third kappa shape index (κ3) is 3.80. The highest BCUT2D eigenvalue weighted by atomic mass is 16.5. The van der Waals surface area contributed by atoms with E-state index in [2.05, 4.69) is 26.6 Å². The number of fused-ring (bicyclic) bond motifs is 1. The monoisotopic (exact) mass is 343 g/mol. The fourth-order valence-electron chi connectivity index (χ4n) is 4.22. The summed E-state index contributed by atoms with van der Waals surface area (Å²) in [6.07, 6.45) is 12.4. The lowest BCUT2D eigenvalue weighted by Gasteiger charge is -2.34. The molecule has 3 heterocycles. The van der Waals surface area contributed by atoms with Crippen molar-refractivity contribution < 1.29 is 4.74 Å². The van der Waals surface area contributed by atoms with E-state index < -0.39 is 0 Å². The molecule has 1 N–H and O–H groups in total. The number of aromatic nitrogens is 4. The van der Waals surface area contributed by atoms with Crippen molar-refractivity contribution in [2.45, 2.75) is 58.2 Å². The summed E-state index contributed by atoms with van der Waals surface area (Å²) < 4.78 is 8.34. The van der Waals surface area contributed by atoms with Gasteiger partial charge >= 0.3 is 0 Å². The van der Waals surface area contributed by atoms with Crippen LogP contribution in [-0.2, 0) is 24.2 Å². The average Bonchev–Trinajstić information content (AvgIpc) is 3.36. The molecule has 25 heavy (non-hydrogen) atoms. The van der Waals surface area contributed by atoms with Crippen LogP contribution in [0.5, 0.6) is 0 Å². The summed E-state index contributed by atoms with van der Waals surface area (Å²) in [6, 6.07) is 0.330. The molecule has 1 fully saturated rings. The van der Waals surface area contributed by atoms with Crippen LogP contribution < -0.4 is 0 Å². The average molecular weight is 343 g/mol. The Balaban J connectivity index is 1.31. The van der Waals surface area contributed by atoms with Gasteiger partial charge in [0.2, 0.25) is 0 Å². The molecule has 2 aromatic rings. The SMILES string of the molecule is CC1c2ncc(CCOCC3CCCC3)n2CCN1Cc1cn[nH]c1.